The molecular formula is C15H18F3N7. The van der Waals surface area contributed by atoms with Crippen LogP contribution in [0.1, 0.15) is 24.1 Å². The minimum atomic E-state index is -4.57. The van der Waals surface area contributed by atoms with E-state index in [0.717, 1.165) is 12.1 Å². The third kappa shape index (κ3) is 4.37. The highest BCUT2D eigenvalue weighted by molar-refractivity contribution is 5.54. The predicted molar refractivity (Wildman–Crippen MR) is 83.6 cm³/mol. The zero-order valence-electron chi connectivity index (χ0n) is 13.5. The average molecular weight is 353 g/mol. The number of nitrogens with two attached hydrogens (primary N) is 1. The van der Waals surface area contributed by atoms with Gasteiger partial charge in [0.2, 0.25) is 0 Å². The summed E-state index contributed by atoms with van der Waals surface area (Å²) in [7, 11) is 1.58. The summed E-state index contributed by atoms with van der Waals surface area (Å²) in [6.07, 6.45) is -3.84. The van der Waals surface area contributed by atoms with Crippen LogP contribution >= 0.6 is 0 Å². The minimum Gasteiger partial charge on any atom is -0.359 e. The van der Waals surface area contributed by atoms with Gasteiger partial charge in [-0.2, -0.15) is 23.7 Å². The Bertz CT molecular complexity index is 692. The standard InChI is InChI=1S/C15H18F3N7/c1-25(6-2-3-11-10(8-20)13(21)24-23-11)14-9(7-19)4-5-12(22-14)15(16,17)18/h4-5,10-11,13,23-24H,2-3,6,21H2,1H3. The molecule has 7 nitrogen and oxygen atoms in total. The van der Waals surface area contributed by atoms with Crippen molar-refractivity contribution in [2.24, 2.45) is 11.7 Å². The van der Waals surface area contributed by atoms with Crippen molar-refractivity contribution in [3.63, 3.8) is 0 Å². The number of hydrogen-bond acceptors (Lipinski definition) is 7. The van der Waals surface area contributed by atoms with Crippen LogP contribution in [0, 0.1) is 28.6 Å². The summed E-state index contributed by atoms with van der Waals surface area (Å²) in [6.45, 7) is 0.383. The third-order valence-corrected chi connectivity index (χ3v) is 4.06. The van der Waals surface area contributed by atoms with E-state index in [4.69, 9.17) is 16.3 Å². The molecule has 25 heavy (non-hydrogen) atoms. The number of nitrogens with zero attached hydrogens (tertiary/aromatic N) is 4. The van der Waals surface area contributed by atoms with Crippen LogP contribution in [0.3, 0.4) is 0 Å². The van der Waals surface area contributed by atoms with E-state index in [0.29, 0.717) is 19.4 Å². The lowest BCUT2D eigenvalue weighted by molar-refractivity contribution is -0.141. The van der Waals surface area contributed by atoms with Gasteiger partial charge in [-0.3, -0.25) is 5.43 Å². The summed E-state index contributed by atoms with van der Waals surface area (Å²) in [5, 5.41) is 18.2. The second kappa shape index (κ2) is 7.66. The Morgan fingerprint density at radius 3 is 2.64 bits per heavy atom. The van der Waals surface area contributed by atoms with E-state index in [2.05, 4.69) is 21.9 Å². The number of aromatic nitrogens is 1. The summed E-state index contributed by atoms with van der Waals surface area (Å²) in [5.41, 5.74) is 10.5. The number of hydrogen-bond donors (Lipinski definition) is 3. The van der Waals surface area contributed by atoms with Crippen molar-refractivity contribution in [3.8, 4) is 12.1 Å². The van der Waals surface area contributed by atoms with Crippen molar-refractivity contribution >= 4 is 5.82 Å². The maximum atomic E-state index is 12.8. The zero-order valence-corrected chi connectivity index (χ0v) is 13.5. The maximum absolute atomic E-state index is 12.8. The highest BCUT2D eigenvalue weighted by Gasteiger charge is 2.34. The molecule has 10 heteroatoms. The minimum absolute atomic E-state index is 0.0108. The molecule has 0 radical (unpaired) electrons. The summed E-state index contributed by atoms with van der Waals surface area (Å²) in [5.74, 6) is -0.393. The maximum Gasteiger partial charge on any atom is 0.433 e. The van der Waals surface area contributed by atoms with E-state index in [1.165, 1.54) is 4.90 Å². The second-order valence-corrected chi connectivity index (χ2v) is 5.82. The Hall–Kier alpha value is -2.40. The molecular weight excluding hydrogens is 335 g/mol. The second-order valence-electron chi connectivity index (χ2n) is 5.82. The number of alkyl halides is 3. The summed E-state index contributed by atoms with van der Waals surface area (Å²) < 4.78 is 38.5. The number of anilines is 1. The van der Waals surface area contributed by atoms with Crippen molar-refractivity contribution in [2.45, 2.75) is 31.2 Å². The predicted octanol–water partition coefficient (Wildman–Crippen LogP) is 1.09. The lowest BCUT2D eigenvalue weighted by atomic mass is 9.97. The van der Waals surface area contributed by atoms with E-state index in [1.807, 2.05) is 6.07 Å². The summed E-state index contributed by atoms with van der Waals surface area (Å²) in [4.78, 5) is 5.10. The molecule has 3 unspecified atom stereocenters. The molecule has 0 spiro atoms. The average Bonchev–Trinajstić information content (AvgIpc) is 2.93. The monoisotopic (exact) mass is 353 g/mol. The smallest absolute Gasteiger partial charge is 0.359 e. The number of halogens is 3. The zero-order chi connectivity index (χ0) is 18.6. The van der Waals surface area contributed by atoms with Crippen LogP contribution in [0.5, 0.6) is 0 Å². The first kappa shape index (κ1) is 18.9. The topological polar surface area (TPSA) is 114 Å². The molecule has 1 aliphatic heterocycles. The normalized spacial score (nSPS) is 23.1. The molecule has 0 saturated carbocycles. The molecule has 0 bridgehead atoms. The first-order valence-electron chi connectivity index (χ1n) is 7.63. The molecule has 1 saturated heterocycles. The summed E-state index contributed by atoms with van der Waals surface area (Å²) >= 11 is 0. The molecule has 1 aromatic rings. The SMILES string of the molecule is CN(CCCC1NNC(N)C1C#N)c1nc(C(F)(F)F)ccc1C#N. The van der Waals surface area contributed by atoms with E-state index >= 15 is 0 Å². The van der Waals surface area contributed by atoms with Crippen molar-refractivity contribution in [1.82, 2.24) is 15.8 Å². The lowest BCUT2D eigenvalue weighted by Crippen LogP contribution is -2.38. The Labute approximate surface area is 143 Å². The Morgan fingerprint density at radius 1 is 1.32 bits per heavy atom. The van der Waals surface area contributed by atoms with Gasteiger partial charge < -0.3 is 10.6 Å². The van der Waals surface area contributed by atoms with Gasteiger partial charge in [0, 0.05) is 19.6 Å². The van der Waals surface area contributed by atoms with Gasteiger partial charge in [-0.25, -0.2) is 10.4 Å². The van der Waals surface area contributed by atoms with Gasteiger partial charge in [-0.15, -0.1) is 0 Å². The molecule has 2 heterocycles. The van der Waals surface area contributed by atoms with Crippen LogP contribution in [-0.4, -0.2) is 30.8 Å². The highest BCUT2D eigenvalue weighted by Crippen LogP contribution is 2.30. The summed E-state index contributed by atoms with van der Waals surface area (Å²) in [6, 6.07) is 5.76. The molecule has 3 atom stereocenters. The molecule has 1 aromatic heterocycles. The van der Waals surface area contributed by atoms with Crippen molar-refractivity contribution in [3.05, 3.63) is 23.4 Å². The molecule has 0 amide bonds. The molecule has 4 N–H and O–H groups in total. The van der Waals surface area contributed by atoms with Crippen LogP contribution in [-0.2, 0) is 6.18 Å². The van der Waals surface area contributed by atoms with E-state index in [1.54, 1.807) is 7.05 Å². The Balaban J connectivity index is 2.02. The van der Waals surface area contributed by atoms with Gasteiger partial charge in [0.1, 0.15) is 17.6 Å². The lowest BCUT2D eigenvalue weighted by Gasteiger charge is -2.21. The molecule has 2 rings (SSSR count). The first-order chi connectivity index (χ1) is 11.8. The fraction of sp³-hybridized carbons (Fsp3) is 0.533. The Kier molecular flexibility index (Phi) is 5.80. The molecule has 0 aliphatic carbocycles. The molecule has 1 fully saturated rings. The van der Waals surface area contributed by atoms with Crippen LogP contribution < -0.4 is 21.5 Å². The van der Waals surface area contributed by atoms with Crippen LogP contribution in [0.15, 0.2) is 12.1 Å². The quantitative estimate of drug-likeness (QED) is 0.726. The third-order valence-electron chi connectivity index (χ3n) is 4.06. The highest BCUT2D eigenvalue weighted by atomic mass is 19.4. The number of nitrogens with one attached hydrogen (secondary N) is 2. The van der Waals surface area contributed by atoms with Crippen LogP contribution in [0.25, 0.3) is 0 Å². The van der Waals surface area contributed by atoms with Crippen molar-refractivity contribution in [1.29, 1.82) is 10.5 Å². The van der Waals surface area contributed by atoms with E-state index in [-0.39, 0.29) is 23.3 Å². The van der Waals surface area contributed by atoms with Gasteiger partial charge in [-0.1, -0.05) is 0 Å². The van der Waals surface area contributed by atoms with Gasteiger partial charge >= 0.3 is 6.18 Å². The fourth-order valence-corrected chi connectivity index (χ4v) is 2.69. The van der Waals surface area contributed by atoms with Crippen molar-refractivity contribution < 1.29 is 13.2 Å². The van der Waals surface area contributed by atoms with Gasteiger partial charge in [0.15, 0.2) is 0 Å². The van der Waals surface area contributed by atoms with Gasteiger partial charge in [0.25, 0.3) is 0 Å². The van der Waals surface area contributed by atoms with E-state index in [9.17, 15) is 13.2 Å². The largest absolute Gasteiger partial charge is 0.433 e. The number of nitriles is 2. The molecule has 134 valence electrons. The first-order valence-corrected chi connectivity index (χ1v) is 7.63. The molecule has 0 aromatic carbocycles. The van der Waals surface area contributed by atoms with Gasteiger partial charge in [-0.05, 0) is 25.0 Å². The fourth-order valence-electron chi connectivity index (χ4n) is 2.69. The van der Waals surface area contributed by atoms with Crippen LogP contribution in [0.4, 0.5) is 19.0 Å². The van der Waals surface area contributed by atoms with Crippen molar-refractivity contribution in [2.75, 3.05) is 18.5 Å². The Morgan fingerprint density at radius 2 is 2.04 bits per heavy atom. The van der Waals surface area contributed by atoms with Crippen LogP contribution in [0.2, 0.25) is 0 Å². The number of hydrazine groups is 1. The van der Waals surface area contributed by atoms with Gasteiger partial charge in [0.05, 0.1) is 23.7 Å². The number of pyridine rings is 1. The molecule has 1 aliphatic rings. The van der Waals surface area contributed by atoms with E-state index < -0.39 is 18.0 Å². The number of rotatable bonds is 5.